The molecule has 0 atom stereocenters. The zero-order valence-electron chi connectivity index (χ0n) is 19.9. The number of anilines is 1. The zero-order valence-corrected chi connectivity index (χ0v) is 19.9. The number of amides is 1. The minimum absolute atomic E-state index is 0.00811. The molecule has 2 N–H and O–H groups in total. The highest BCUT2D eigenvalue weighted by atomic mass is 19.4. The molecular weight excluding hydrogens is 467 g/mol. The number of nitrogens with zero attached hydrogens (tertiary/aromatic N) is 3. The molecule has 2 aromatic carbocycles. The smallest absolute Gasteiger partial charge is 0.367 e. The van der Waals surface area contributed by atoms with Gasteiger partial charge in [-0.2, -0.15) is 13.2 Å². The van der Waals surface area contributed by atoms with Crippen molar-refractivity contribution in [2.24, 2.45) is 5.92 Å². The molecule has 0 radical (unpaired) electrons. The van der Waals surface area contributed by atoms with Gasteiger partial charge in [-0.3, -0.25) is 9.20 Å². The van der Waals surface area contributed by atoms with Crippen molar-refractivity contribution in [3.8, 4) is 22.5 Å². The van der Waals surface area contributed by atoms with Crippen molar-refractivity contribution in [3.63, 3.8) is 0 Å². The number of alkyl halides is 3. The topological polar surface area (TPSA) is 71.3 Å². The van der Waals surface area contributed by atoms with Gasteiger partial charge in [-0.15, -0.1) is 0 Å². The first-order chi connectivity index (χ1) is 17.2. The summed E-state index contributed by atoms with van der Waals surface area (Å²) in [5.41, 5.74) is 1.95. The van der Waals surface area contributed by atoms with Gasteiger partial charge in [0.1, 0.15) is 0 Å². The summed E-state index contributed by atoms with van der Waals surface area (Å²) in [6.07, 6.45) is 0.736. The molecule has 9 heteroatoms. The molecule has 5 rings (SSSR count). The van der Waals surface area contributed by atoms with E-state index in [1.54, 1.807) is 35.0 Å². The molecule has 0 aliphatic heterocycles. The molecule has 4 aromatic rings. The van der Waals surface area contributed by atoms with E-state index in [0.29, 0.717) is 35.2 Å². The van der Waals surface area contributed by atoms with Crippen molar-refractivity contribution in [1.82, 2.24) is 19.7 Å². The summed E-state index contributed by atoms with van der Waals surface area (Å²) in [5, 5.41) is 6.20. The Bertz CT molecular complexity index is 1410. The van der Waals surface area contributed by atoms with Gasteiger partial charge in [0.2, 0.25) is 0 Å². The number of hydrogen-bond donors (Lipinski definition) is 2. The van der Waals surface area contributed by atoms with Gasteiger partial charge in [-0.05, 0) is 37.0 Å². The third kappa shape index (κ3) is 4.91. The molecule has 0 unspecified atom stereocenters. The van der Waals surface area contributed by atoms with Crippen molar-refractivity contribution >= 4 is 17.4 Å². The number of hydrogen-bond acceptors (Lipinski definition) is 4. The van der Waals surface area contributed by atoms with Crippen LogP contribution in [0.2, 0.25) is 0 Å². The molecule has 1 aliphatic carbocycles. The molecule has 6 nitrogen and oxygen atoms in total. The third-order valence-electron chi connectivity index (χ3n) is 6.03. The van der Waals surface area contributed by atoms with Gasteiger partial charge in [0.05, 0.1) is 23.1 Å². The number of fused-ring (bicyclic) bond motifs is 1. The Hall–Kier alpha value is -3.88. The average molecular weight is 494 g/mol. The minimum atomic E-state index is -4.52. The Morgan fingerprint density at radius 2 is 1.83 bits per heavy atom. The lowest BCUT2D eigenvalue weighted by molar-refractivity contribution is -0.137. The standard InChI is InChI=1S/C27H26F3N5O/c1-16(2)13-31-24-25-32-14-23(17-7-9-18(10-8-17)26(36)33-19-11-12-19)35(25)15-22(34-24)20-5-3-4-6-21(20)27(28,29)30/h3-10,14-16,19H,11-13H2,1-2H3,(H,31,34)(H,33,36). The first kappa shape index (κ1) is 23.8. The number of halogens is 3. The van der Waals surface area contributed by atoms with Crippen molar-refractivity contribution in [1.29, 1.82) is 0 Å². The van der Waals surface area contributed by atoms with Gasteiger partial charge >= 0.3 is 6.18 Å². The Kier molecular flexibility index (Phi) is 6.15. The number of carbonyl (C=O) groups excluding carboxylic acids is 1. The molecular formula is C27H26F3N5O. The molecule has 1 aliphatic rings. The monoisotopic (exact) mass is 493 g/mol. The molecule has 2 heterocycles. The highest BCUT2D eigenvalue weighted by Gasteiger charge is 2.34. The Morgan fingerprint density at radius 3 is 2.50 bits per heavy atom. The summed E-state index contributed by atoms with van der Waals surface area (Å²) in [7, 11) is 0. The lowest BCUT2D eigenvalue weighted by Crippen LogP contribution is -2.25. The molecule has 0 bridgehead atoms. The highest BCUT2D eigenvalue weighted by molar-refractivity contribution is 5.95. The van der Waals surface area contributed by atoms with Gasteiger partial charge in [0.15, 0.2) is 11.5 Å². The molecule has 0 spiro atoms. The largest absolute Gasteiger partial charge is 0.417 e. The molecule has 36 heavy (non-hydrogen) atoms. The van der Waals surface area contributed by atoms with Gasteiger partial charge in [0.25, 0.3) is 5.91 Å². The van der Waals surface area contributed by atoms with Gasteiger partial charge in [-0.25, -0.2) is 9.97 Å². The summed E-state index contributed by atoms with van der Waals surface area (Å²) in [4.78, 5) is 21.4. The zero-order chi connectivity index (χ0) is 25.4. The van der Waals surface area contributed by atoms with E-state index in [4.69, 9.17) is 0 Å². The van der Waals surface area contributed by atoms with E-state index >= 15 is 0 Å². The van der Waals surface area contributed by atoms with Crippen LogP contribution in [0, 0.1) is 5.92 Å². The summed E-state index contributed by atoms with van der Waals surface area (Å²) in [6, 6.07) is 12.8. The minimum Gasteiger partial charge on any atom is -0.367 e. The van der Waals surface area contributed by atoms with Crippen LogP contribution in [-0.4, -0.2) is 32.9 Å². The predicted molar refractivity (Wildman–Crippen MR) is 133 cm³/mol. The number of nitrogens with one attached hydrogen (secondary N) is 2. The third-order valence-corrected chi connectivity index (χ3v) is 6.03. The maximum absolute atomic E-state index is 13.8. The van der Waals surface area contributed by atoms with E-state index in [9.17, 15) is 18.0 Å². The van der Waals surface area contributed by atoms with Crippen molar-refractivity contribution in [3.05, 3.63) is 72.1 Å². The fourth-order valence-corrected chi connectivity index (χ4v) is 3.99. The lowest BCUT2D eigenvalue weighted by Gasteiger charge is -2.15. The van der Waals surface area contributed by atoms with E-state index in [-0.39, 0.29) is 23.2 Å². The first-order valence-electron chi connectivity index (χ1n) is 11.9. The first-order valence-corrected chi connectivity index (χ1v) is 11.9. The van der Waals surface area contributed by atoms with Crippen LogP contribution in [0.5, 0.6) is 0 Å². The van der Waals surface area contributed by atoms with E-state index < -0.39 is 11.7 Å². The summed E-state index contributed by atoms with van der Waals surface area (Å²) >= 11 is 0. The normalized spacial score (nSPS) is 13.8. The quantitative estimate of drug-likeness (QED) is 0.329. The SMILES string of the molecule is CC(C)CNc1nc(-c2ccccc2C(F)(F)F)cn2c(-c3ccc(C(=O)NC4CC4)cc3)cnc12. The Balaban J connectivity index is 1.60. The molecule has 1 fully saturated rings. The number of imidazole rings is 1. The number of carbonyl (C=O) groups is 1. The second-order valence-corrected chi connectivity index (χ2v) is 9.45. The van der Waals surface area contributed by atoms with Crippen LogP contribution in [0.25, 0.3) is 28.2 Å². The van der Waals surface area contributed by atoms with Crippen molar-refractivity contribution in [2.45, 2.75) is 38.9 Å². The van der Waals surface area contributed by atoms with Crippen molar-refractivity contribution < 1.29 is 18.0 Å². The van der Waals surface area contributed by atoms with E-state index in [2.05, 4.69) is 20.6 Å². The second kappa shape index (κ2) is 9.29. The maximum Gasteiger partial charge on any atom is 0.417 e. The lowest BCUT2D eigenvalue weighted by atomic mass is 10.0. The number of aromatic nitrogens is 3. The summed E-state index contributed by atoms with van der Waals surface area (Å²) in [5.74, 6) is 0.587. The van der Waals surface area contributed by atoms with Crippen LogP contribution < -0.4 is 10.6 Å². The van der Waals surface area contributed by atoms with Crippen LogP contribution in [0.1, 0.15) is 42.6 Å². The molecule has 0 saturated heterocycles. The number of rotatable bonds is 7. The fraction of sp³-hybridized carbons (Fsp3) is 0.296. The van der Waals surface area contributed by atoms with Gasteiger partial charge in [-0.1, -0.05) is 44.2 Å². The molecule has 186 valence electrons. The Labute approximate surface area is 206 Å². The average Bonchev–Trinajstić information content (AvgIpc) is 3.56. The predicted octanol–water partition coefficient (Wildman–Crippen LogP) is 6.04. The van der Waals surface area contributed by atoms with Crippen LogP contribution >= 0.6 is 0 Å². The van der Waals surface area contributed by atoms with Crippen LogP contribution in [0.4, 0.5) is 19.0 Å². The van der Waals surface area contributed by atoms with E-state index in [1.807, 2.05) is 26.0 Å². The van der Waals surface area contributed by atoms with Crippen LogP contribution in [-0.2, 0) is 6.18 Å². The second-order valence-electron chi connectivity index (χ2n) is 9.45. The summed E-state index contributed by atoms with van der Waals surface area (Å²) in [6.45, 7) is 4.65. The van der Waals surface area contributed by atoms with Crippen molar-refractivity contribution in [2.75, 3.05) is 11.9 Å². The Morgan fingerprint density at radius 1 is 1.11 bits per heavy atom. The molecule has 1 amide bonds. The maximum atomic E-state index is 13.8. The molecule has 1 saturated carbocycles. The van der Waals surface area contributed by atoms with Gasteiger partial charge < -0.3 is 10.6 Å². The van der Waals surface area contributed by atoms with Crippen LogP contribution in [0.3, 0.4) is 0 Å². The summed E-state index contributed by atoms with van der Waals surface area (Å²) < 4.78 is 43.1. The van der Waals surface area contributed by atoms with Gasteiger partial charge in [0, 0.05) is 35.5 Å². The molecule has 2 aromatic heterocycles. The highest BCUT2D eigenvalue weighted by Crippen LogP contribution is 2.37. The van der Waals surface area contributed by atoms with E-state index in [1.165, 1.54) is 12.1 Å². The van der Waals surface area contributed by atoms with Crippen LogP contribution in [0.15, 0.2) is 60.9 Å². The van der Waals surface area contributed by atoms with E-state index in [0.717, 1.165) is 24.5 Å². The number of benzene rings is 2. The fourth-order valence-electron chi connectivity index (χ4n) is 3.99.